The number of aromatic carboxylic acids is 1. The molecule has 3 aromatic carbocycles. The Morgan fingerprint density at radius 3 is 2.50 bits per heavy atom. The Balaban J connectivity index is 1.49. The predicted octanol–water partition coefficient (Wildman–Crippen LogP) is 3.83. The van der Waals surface area contributed by atoms with Crippen LogP contribution in [0, 0.1) is 6.92 Å². The predicted molar refractivity (Wildman–Crippen MR) is 138 cm³/mol. The zero-order chi connectivity index (χ0) is 25.2. The highest BCUT2D eigenvalue weighted by atomic mass is 32.2. The van der Waals surface area contributed by atoms with Crippen LogP contribution in [0.1, 0.15) is 21.5 Å². The first-order chi connectivity index (χ1) is 17.4. The van der Waals surface area contributed by atoms with Crippen LogP contribution in [-0.4, -0.2) is 41.9 Å². The van der Waals surface area contributed by atoms with Crippen molar-refractivity contribution in [2.24, 2.45) is 0 Å². The highest BCUT2D eigenvalue weighted by molar-refractivity contribution is 7.99. The Morgan fingerprint density at radius 1 is 0.972 bits per heavy atom. The third-order valence-corrected chi connectivity index (χ3v) is 6.69. The van der Waals surface area contributed by atoms with Gasteiger partial charge in [0, 0.05) is 0 Å². The molecule has 0 aliphatic carbocycles. The lowest BCUT2D eigenvalue weighted by Crippen LogP contribution is -2.24. The number of carbonyl (C=O) groups excluding carboxylic acids is 1. The molecule has 0 radical (unpaired) electrons. The summed E-state index contributed by atoms with van der Waals surface area (Å²) in [6, 6.07) is 21.6. The topological polar surface area (TPSA) is 119 Å². The van der Waals surface area contributed by atoms with Crippen LogP contribution in [0.2, 0.25) is 0 Å². The van der Waals surface area contributed by atoms with Crippen LogP contribution < -0.4 is 10.9 Å². The molecule has 0 saturated heterocycles. The van der Waals surface area contributed by atoms with Gasteiger partial charge in [-0.2, -0.15) is 0 Å². The molecule has 9 nitrogen and oxygen atoms in total. The van der Waals surface area contributed by atoms with Gasteiger partial charge < -0.3 is 10.4 Å². The minimum Gasteiger partial charge on any atom is -0.478 e. The van der Waals surface area contributed by atoms with E-state index in [0.29, 0.717) is 33.9 Å². The molecule has 0 unspecified atom stereocenters. The Bertz CT molecular complexity index is 1680. The van der Waals surface area contributed by atoms with E-state index in [4.69, 9.17) is 0 Å². The van der Waals surface area contributed by atoms with Gasteiger partial charge in [0.25, 0.3) is 5.56 Å². The van der Waals surface area contributed by atoms with Gasteiger partial charge in [-0.15, -0.1) is 10.2 Å². The molecule has 2 N–H and O–H groups in total. The number of aromatic nitrogens is 4. The summed E-state index contributed by atoms with van der Waals surface area (Å²) in [5.74, 6) is -1.15. The summed E-state index contributed by atoms with van der Waals surface area (Å²) in [6.45, 7) is 2.06. The Labute approximate surface area is 209 Å². The van der Waals surface area contributed by atoms with Gasteiger partial charge in [0.1, 0.15) is 0 Å². The second kappa shape index (κ2) is 9.67. The van der Waals surface area contributed by atoms with Crippen molar-refractivity contribution in [3.8, 4) is 0 Å². The van der Waals surface area contributed by atoms with E-state index >= 15 is 0 Å². The van der Waals surface area contributed by atoms with E-state index in [1.807, 2.05) is 42.5 Å². The molecular formula is C26H21N5O4S. The van der Waals surface area contributed by atoms with Gasteiger partial charge in [-0.1, -0.05) is 66.4 Å². The third-order valence-electron chi connectivity index (χ3n) is 5.76. The van der Waals surface area contributed by atoms with Crippen molar-refractivity contribution < 1.29 is 14.7 Å². The molecule has 1 amide bonds. The molecule has 0 aliphatic heterocycles. The summed E-state index contributed by atoms with van der Waals surface area (Å²) < 4.78 is 3.34. The van der Waals surface area contributed by atoms with Gasteiger partial charge in [0.05, 0.1) is 34.5 Å². The maximum atomic E-state index is 13.3. The fourth-order valence-electron chi connectivity index (χ4n) is 4.05. The maximum absolute atomic E-state index is 13.3. The molecule has 0 atom stereocenters. The molecule has 2 heterocycles. The van der Waals surface area contributed by atoms with Crippen LogP contribution in [-0.2, 0) is 11.3 Å². The zero-order valence-electron chi connectivity index (χ0n) is 19.2. The largest absolute Gasteiger partial charge is 0.478 e. The smallest absolute Gasteiger partial charge is 0.337 e. The second-order valence-corrected chi connectivity index (χ2v) is 9.09. The molecule has 2 aromatic heterocycles. The lowest BCUT2D eigenvalue weighted by atomic mass is 10.1. The molecule has 0 spiro atoms. The fourth-order valence-corrected chi connectivity index (χ4v) is 4.79. The number of nitrogens with one attached hydrogen (secondary N) is 1. The molecule has 36 heavy (non-hydrogen) atoms. The number of nitrogens with zero attached hydrogens (tertiary/aromatic N) is 4. The second-order valence-electron chi connectivity index (χ2n) is 8.15. The number of carboxylic acids is 1. The van der Waals surface area contributed by atoms with Crippen LogP contribution in [0.3, 0.4) is 0 Å². The molecule has 5 rings (SSSR count). The monoisotopic (exact) mass is 499 g/mol. The Hall–Kier alpha value is -4.44. The average Bonchev–Trinajstić information content (AvgIpc) is 3.31. The molecule has 180 valence electrons. The van der Waals surface area contributed by atoms with Crippen molar-refractivity contribution in [3.05, 3.63) is 99.8 Å². The standard InChI is InChI=1S/C26H21N5O4S/c1-16-8-7-12-19(24(34)35)22(16)27-21(32)15-36-26-29-28-25-30(14-17-9-3-2-4-10-17)23(33)18-11-5-6-13-20(18)31(25)26/h2-13H,14-15H2,1H3,(H,27,32)(H,34,35). The van der Waals surface area contributed by atoms with Gasteiger partial charge in [-0.3, -0.25) is 18.6 Å². The molecule has 5 aromatic rings. The maximum Gasteiger partial charge on any atom is 0.337 e. The van der Waals surface area contributed by atoms with E-state index < -0.39 is 5.97 Å². The number of fused-ring (bicyclic) bond motifs is 3. The normalized spacial score (nSPS) is 11.1. The first kappa shape index (κ1) is 23.3. The number of hydrogen-bond donors (Lipinski definition) is 2. The first-order valence-electron chi connectivity index (χ1n) is 11.1. The highest BCUT2D eigenvalue weighted by Gasteiger charge is 2.19. The van der Waals surface area contributed by atoms with Crippen molar-refractivity contribution in [1.82, 2.24) is 19.2 Å². The Kier molecular flexibility index (Phi) is 6.26. The molecule has 0 fully saturated rings. The first-order valence-corrected chi connectivity index (χ1v) is 12.1. The summed E-state index contributed by atoms with van der Waals surface area (Å²) in [6.07, 6.45) is 0. The number of anilines is 1. The summed E-state index contributed by atoms with van der Waals surface area (Å²) in [4.78, 5) is 37.6. The average molecular weight is 500 g/mol. The minimum absolute atomic E-state index is 0.0252. The van der Waals surface area contributed by atoms with Gasteiger partial charge in [-0.25, -0.2) is 4.79 Å². The van der Waals surface area contributed by atoms with Crippen molar-refractivity contribution in [3.63, 3.8) is 0 Å². The minimum atomic E-state index is -1.12. The van der Waals surface area contributed by atoms with Crippen molar-refractivity contribution in [1.29, 1.82) is 0 Å². The van der Waals surface area contributed by atoms with Gasteiger partial charge >= 0.3 is 5.97 Å². The van der Waals surface area contributed by atoms with E-state index in [1.54, 1.807) is 40.2 Å². The number of benzene rings is 3. The zero-order valence-corrected chi connectivity index (χ0v) is 20.0. The summed E-state index contributed by atoms with van der Waals surface area (Å²) >= 11 is 1.15. The summed E-state index contributed by atoms with van der Waals surface area (Å²) in [5, 5.41) is 21.7. The molecule has 0 saturated carbocycles. The molecule has 10 heteroatoms. The van der Waals surface area contributed by atoms with E-state index in [0.717, 1.165) is 17.3 Å². The number of aryl methyl sites for hydroxylation is 1. The van der Waals surface area contributed by atoms with Crippen molar-refractivity contribution >= 4 is 46.0 Å². The number of amides is 1. The number of thioether (sulfide) groups is 1. The quantitative estimate of drug-likeness (QED) is 0.327. The van der Waals surface area contributed by atoms with Gasteiger partial charge in [0.15, 0.2) is 5.16 Å². The molecule has 0 aliphatic rings. The number of hydrogen-bond acceptors (Lipinski definition) is 6. The van der Waals surface area contributed by atoms with Crippen LogP contribution >= 0.6 is 11.8 Å². The number of para-hydroxylation sites is 2. The summed E-state index contributed by atoms with van der Waals surface area (Å²) in [7, 11) is 0. The number of rotatable bonds is 7. The molecule has 0 bridgehead atoms. The third kappa shape index (κ3) is 4.34. The van der Waals surface area contributed by atoms with E-state index in [2.05, 4.69) is 15.5 Å². The lowest BCUT2D eigenvalue weighted by molar-refractivity contribution is -0.113. The Morgan fingerprint density at radius 2 is 1.72 bits per heavy atom. The van der Waals surface area contributed by atoms with E-state index in [9.17, 15) is 19.5 Å². The lowest BCUT2D eigenvalue weighted by Gasteiger charge is -2.12. The highest BCUT2D eigenvalue weighted by Crippen LogP contribution is 2.24. The van der Waals surface area contributed by atoms with Gasteiger partial charge in [-0.05, 0) is 36.2 Å². The number of carbonyl (C=O) groups is 2. The van der Waals surface area contributed by atoms with Crippen molar-refractivity contribution in [2.75, 3.05) is 11.1 Å². The van der Waals surface area contributed by atoms with E-state index in [1.165, 1.54) is 6.07 Å². The number of carboxylic acid groups (broad SMARTS) is 1. The van der Waals surface area contributed by atoms with Crippen LogP contribution in [0.25, 0.3) is 16.7 Å². The SMILES string of the molecule is Cc1cccc(C(=O)O)c1NC(=O)CSc1nnc2n(Cc3ccccc3)c(=O)c3ccccc3n12. The van der Waals surface area contributed by atoms with Crippen molar-refractivity contribution in [2.45, 2.75) is 18.6 Å². The van der Waals surface area contributed by atoms with Gasteiger partial charge in [0.2, 0.25) is 11.7 Å². The van der Waals surface area contributed by atoms with Crippen LogP contribution in [0.4, 0.5) is 5.69 Å². The summed E-state index contributed by atoms with van der Waals surface area (Å²) in [5.41, 5.74) is 2.35. The van der Waals surface area contributed by atoms with E-state index in [-0.39, 0.29) is 28.5 Å². The van der Waals surface area contributed by atoms with Crippen LogP contribution in [0.15, 0.2) is 82.7 Å². The van der Waals surface area contributed by atoms with Crippen LogP contribution in [0.5, 0.6) is 0 Å². The molecular weight excluding hydrogens is 478 g/mol. The fraction of sp³-hybridized carbons (Fsp3) is 0.115.